The van der Waals surface area contributed by atoms with Crippen LogP contribution in [0.2, 0.25) is 0 Å². The van der Waals surface area contributed by atoms with Crippen LogP contribution in [0.3, 0.4) is 0 Å². The molecule has 0 spiro atoms. The molecular formula is C87H170O17P2. The number of phosphoric acid groups is 2. The first-order valence-electron chi connectivity index (χ1n) is 45.0. The molecule has 0 bridgehead atoms. The minimum atomic E-state index is -4.97. The highest BCUT2D eigenvalue weighted by atomic mass is 31.2. The Hall–Kier alpha value is -1.94. The number of carbonyl (C=O) groups excluding carboxylic acids is 4. The lowest BCUT2D eigenvalue weighted by Gasteiger charge is -2.21. The van der Waals surface area contributed by atoms with Gasteiger partial charge in [-0.1, -0.05) is 408 Å². The summed E-state index contributed by atoms with van der Waals surface area (Å²) in [7, 11) is -9.93. The van der Waals surface area contributed by atoms with Crippen molar-refractivity contribution in [2.75, 3.05) is 39.6 Å². The third-order valence-electron chi connectivity index (χ3n) is 21.5. The van der Waals surface area contributed by atoms with Crippen LogP contribution in [0.1, 0.15) is 459 Å². The van der Waals surface area contributed by atoms with E-state index in [2.05, 4.69) is 48.5 Å². The van der Waals surface area contributed by atoms with Crippen molar-refractivity contribution in [2.24, 2.45) is 17.8 Å². The second-order valence-electron chi connectivity index (χ2n) is 32.0. The number of aliphatic hydroxyl groups excluding tert-OH is 1. The van der Waals surface area contributed by atoms with Crippen molar-refractivity contribution < 1.29 is 80.2 Å². The van der Waals surface area contributed by atoms with E-state index in [-0.39, 0.29) is 25.7 Å². The fourth-order valence-electron chi connectivity index (χ4n) is 13.4. The summed E-state index contributed by atoms with van der Waals surface area (Å²) in [5.41, 5.74) is 0. The maximum atomic E-state index is 13.2. The summed E-state index contributed by atoms with van der Waals surface area (Å²) >= 11 is 0. The molecular weight excluding hydrogens is 1380 g/mol. The zero-order chi connectivity index (χ0) is 77.9. The molecule has 0 aromatic rings. The molecule has 0 saturated heterocycles. The molecule has 0 fully saturated rings. The zero-order valence-corrected chi connectivity index (χ0v) is 71.7. The molecule has 0 aliphatic heterocycles. The maximum absolute atomic E-state index is 13.2. The average molecular weight is 1550 g/mol. The summed E-state index contributed by atoms with van der Waals surface area (Å²) in [5.74, 6) is 0.325. The van der Waals surface area contributed by atoms with Crippen LogP contribution < -0.4 is 0 Å². The molecule has 3 N–H and O–H groups in total. The van der Waals surface area contributed by atoms with E-state index >= 15 is 0 Å². The first-order valence-corrected chi connectivity index (χ1v) is 48.0. The predicted octanol–water partition coefficient (Wildman–Crippen LogP) is 26.5. The SMILES string of the molecule is CCCCCCCCCCCCCCCCCCCCCCCCC(=O)O[C@H](COC(=O)CCCCCCCCCCCCCCCCC(C)CC)COP(=O)(O)OC[C@@H](O)COP(=O)(O)OC[C@@H](COC(=O)CCCCCCCCCCC(C)CC)OC(=O)CCCCCCCCCCCCC(C)CC. The Bertz CT molecular complexity index is 2050. The highest BCUT2D eigenvalue weighted by molar-refractivity contribution is 7.47. The summed E-state index contributed by atoms with van der Waals surface area (Å²) in [6.07, 6.45) is 67.9. The summed E-state index contributed by atoms with van der Waals surface area (Å²) in [6.45, 7) is 12.1. The summed E-state index contributed by atoms with van der Waals surface area (Å²) in [4.78, 5) is 73.3. The van der Waals surface area contributed by atoms with Crippen LogP contribution in [0, 0.1) is 17.8 Å². The second-order valence-corrected chi connectivity index (χ2v) is 34.9. The van der Waals surface area contributed by atoms with E-state index in [0.717, 1.165) is 108 Å². The number of rotatable bonds is 85. The first-order chi connectivity index (χ1) is 51.3. The molecule has 0 heterocycles. The maximum Gasteiger partial charge on any atom is 0.472 e. The molecule has 19 heteroatoms. The first kappa shape index (κ1) is 104. The van der Waals surface area contributed by atoms with Crippen molar-refractivity contribution in [3.63, 3.8) is 0 Å². The predicted molar refractivity (Wildman–Crippen MR) is 437 cm³/mol. The number of carbonyl (C=O) groups is 4. The normalized spacial score (nSPS) is 14.6. The minimum absolute atomic E-state index is 0.106. The number of aliphatic hydroxyl groups is 1. The summed E-state index contributed by atoms with van der Waals surface area (Å²) < 4.78 is 68.9. The van der Waals surface area contributed by atoms with E-state index in [9.17, 15) is 43.2 Å². The third-order valence-corrected chi connectivity index (χ3v) is 23.4. The highest BCUT2D eigenvalue weighted by Gasteiger charge is 2.31. The van der Waals surface area contributed by atoms with Gasteiger partial charge in [0, 0.05) is 25.7 Å². The number of unbranched alkanes of at least 4 members (excludes halogenated alkanes) is 50. The Morgan fingerprint density at radius 3 is 0.670 bits per heavy atom. The summed E-state index contributed by atoms with van der Waals surface area (Å²) in [6, 6.07) is 0. The van der Waals surface area contributed by atoms with Crippen molar-refractivity contribution >= 4 is 39.5 Å². The van der Waals surface area contributed by atoms with Crippen molar-refractivity contribution in [2.45, 2.75) is 478 Å². The zero-order valence-electron chi connectivity index (χ0n) is 69.9. The van der Waals surface area contributed by atoms with Crippen LogP contribution >= 0.6 is 15.6 Å². The van der Waals surface area contributed by atoms with Gasteiger partial charge in [0.1, 0.15) is 19.3 Å². The Labute approximate surface area is 651 Å². The molecule has 0 aliphatic carbocycles. The Morgan fingerprint density at radius 1 is 0.264 bits per heavy atom. The van der Waals surface area contributed by atoms with Gasteiger partial charge in [0.25, 0.3) is 0 Å². The molecule has 0 aromatic heterocycles. The quantitative estimate of drug-likeness (QED) is 0.0222. The van der Waals surface area contributed by atoms with Crippen LogP contribution in [0.15, 0.2) is 0 Å². The molecule has 0 aromatic carbocycles. The van der Waals surface area contributed by atoms with Gasteiger partial charge in [0.2, 0.25) is 0 Å². The number of esters is 4. The Morgan fingerprint density at radius 2 is 0.453 bits per heavy atom. The van der Waals surface area contributed by atoms with Gasteiger partial charge in [0.15, 0.2) is 12.2 Å². The van der Waals surface area contributed by atoms with E-state index in [1.807, 2.05) is 0 Å². The lowest BCUT2D eigenvalue weighted by Crippen LogP contribution is -2.30. The average Bonchev–Trinajstić information content (AvgIpc) is 0.905. The minimum Gasteiger partial charge on any atom is -0.462 e. The Balaban J connectivity index is 5.25. The third kappa shape index (κ3) is 76.1. The number of hydrogen-bond donors (Lipinski definition) is 3. The molecule has 0 saturated carbocycles. The van der Waals surface area contributed by atoms with Gasteiger partial charge in [-0.2, -0.15) is 0 Å². The van der Waals surface area contributed by atoms with E-state index in [1.165, 1.54) is 270 Å². The molecule has 0 radical (unpaired) electrons. The van der Waals surface area contributed by atoms with Crippen molar-refractivity contribution in [1.82, 2.24) is 0 Å². The van der Waals surface area contributed by atoms with Crippen molar-refractivity contribution in [3.05, 3.63) is 0 Å². The molecule has 5 unspecified atom stereocenters. The van der Waals surface area contributed by atoms with Crippen LogP contribution in [0.5, 0.6) is 0 Å². The van der Waals surface area contributed by atoms with E-state index in [1.54, 1.807) is 0 Å². The largest absolute Gasteiger partial charge is 0.472 e. The molecule has 0 amide bonds. The smallest absolute Gasteiger partial charge is 0.462 e. The van der Waals surface area contributed by atoms with Gasteiger partial charge < -0.3 is 33.8 Å². The summed E-state index contributed by atoms with van der Waals surface area (Å²) in [5, 5.41) is 10.7. The molecule has 630 valence electrons. The van der Waals surface area contributed by atoms with E-state index in [4.69, 9.17) is 37.0 Å². The molecule has 17 nitrogen and oxygen atoms in total. The Kier molecular flexibility index (Phi) is 75.6. The lowest BCUT2D eigenvalue weighted by molar-refractivity contribution is -0.161. The van der Waals surface area contributed by atoms with Crippen LogP contribution in [-0.4, -0.2) is 96.7 Å². The van der Waals surface area contributed by atoms with Crippen molar-refractivity contribution in [3.8, 4) is 0 Å². The number of hydrogen-bond acceptors (Lipinski definition) is 15. The fourth-order valence-corrected chi connectivity index (χ4v) is 15.0. The lowest BCUT2D eigenvalue weighted by atomic mass is 9.99. The van der Waals surface area contributed by atoms with Gasteiger partial charge in [-0.05, 0) is 43.4 Å². The van der Waals surface area contributed by atoms with Gasteiger partial charge in [0.05, 0.1) is 26.4 Å². The van der Waals surface area contributed by atoms with Gasteiger partial charge in [-0.25, -0.2) is 9.13 Å². The van der Waals surface area contributed by atoms with E-state index < -0.39 is 97.5 Å². The van der Waals surface area contributed by atoms with Gasteiger partial charge >= 0.3 is 39.5 Å². The molecule has 8 atom stereocenters. The molecule has 0 aliphatic rings. The number of phosphoric ester groups is 2. The van der Waals surface area contributed by atoms with Crippen LogP contribution in [0.4, 0.5) is 0 Å². The monoisotopic (exact) mass is 1550 g/mol. The number of ether oxygens (including phenoxy) is 4. The molecule has 106 heavy (non-hydrogen) atoms. The van der Waals surface area contributed by atoms with Gasteiger partial charge in [-0.3, -0.25) is 37.3 Å². The molecule has 0 rings (SSSR count). The second kappa shape index (κ2) is 77.0. The standard InChI is InChI=1S/C87H170O17P2/c1-8-12-13-14-15-16-17-18-19-20-21-22-23-24-25-26-31-34-40-49-56-63-70-86(91)103-82(74-97-84(89)68-61-54-47-39-33-30-28-27-29-32-37-44-51-58-65-78(5)9-2)76-101-105(93,94)99-72-81(88)73-100-106(95,96)102-77-83(75-98-85(90)69-62-55-48-43-42-46-53-60-67-80(7)11-4)104-87(92)71-64-57-50-41-36-35-38-45-52-59-66-79(6)10-3/h78-83,88H,8-77H2,1-7H3,(H,93,94)(H,95,96)/t78?,79?,80?,81-,82-,83-/m1/s1. The van der Waals surface area contributed by atoms with E-state index in [0.29, 0.717) is 25.7 Å². The van der Waals surface area contributed by atoms with Crippen LogP contribution in [0.25, 0.3) is 0 Å². The highest BCUT2D eigenvalue weighted by Crippen LogP contribution is 2.45. The fraction of sp³-hybridized carbons (Fsp3) is 0.954. The van der Waals surface area contributed by atoms with Crippen molar-refractivity contribution in [1.29, 1.82) is 0 Å². The topological polar surface area (TPSA) is 237 Å². The van der Waals surface area contributed by atoms with Gasteiger partial charge in [-0.15, -0.1) is 0 Å². The van der Waals surface area contributed by atoms with Crippen LogP contribution in [-0.2, 0) is 65.4 Å².